The lowest BCUT2D eigenvalue weighted by Gasteiger charge is -2.23. The summed E-state index contributed by atoms with van der Waals surface area (Å²) < 4.78 is 0. The Kier molecular flexibility index (Phi) is 5.46. The van der Waals surface area contributed by atoms with Gasteiger partial charge in [-0.1, -0.05) is 91.8 Å². The normalized spacial score (nSPS) is 25.8. The van der Waals surface area contributed by atoms with Crippen LogP contribution in [0, 0.1) is 21.7 Å². The summed E-state index contributed by atoms with van der Waals surface area (Å²) in [6, 6.07) is 0. The molecule has 0 saturated carbocycles. The zero-order chi connectivity index (χ0) is 19.6. The van der Waals surface area contributed by atoms with Crippen LogP contribution in [0.1, 0.15) is 55.4 Å². The largest absolute Gasteiger partial charge is 0.151 e. The van der Waals surface area contributed by atoms with Gasteiger partial charge in [0.2, 0.25) is 0 Å². The Balaban J connectivity index is 2.38. The molecule has 0 radical (unpaired) electrons. The van der Waals surface area contributed by atoms with E-state index in [1.807, 2.05) is 0 Å². The van der Waals surface area contributed by atoms with Crippen molar-refractivity contribution in [2.45, 2.75) is 55.4 Å². The average Bonchev–Trinajstić information content (AvgIpc) is 2.50. The van der Waals surface area contributed by atoms with Gasteiger partial charge in [-0.3, -0.25) is 0 Å². The SMILES string of the molecule is CC1(C)C=CC(N=NC2=CC(C)(C)C=CC(C)(C)C=C2)=CC(C)(C)C=C1. The van der Waals surface area contributed by atoms with Crippen LogP contribution in [0.2, 0.25) is 0 Å². The van der Waals surface area contributed by atoms with E-state index in [4.69, 9.17) is 0 Å². The lowest BCUT2D eigenvalue weighted by atomic mass is 9.83. The molecule has 0 atom stereocenters. The monoisotopic (exact) mass is 350 g/mol. The molecule has 0 aliphatic heterocycles. The van der Waals surface area contributed by atoms with Gasteiger partial charge in [-0.25, -0.2) is 0 Å². The van der Waals surface area contributed by atoms with Crippen molar-refractivity contribution in [2.75, 3.05) is 0 Å². The Morgan fingerprint density at radius 3 is 1.12 bits per heavy atom. The summed E-state index contributed by atoms with van der Waals surface area (Å²) in [4.78, 5) is 0. The lowest BCUT2D eigenvalue weighted by molar-refractivity contribution is 0.569. The second-order valence-electron chi connectivity index (χ2n) is 9.96. The van der Waals surface area contributed by atoms with E-state index in [9.17, 15) is 0 Å². The van der Waals surface area contributed by atoms with Gasteiger partial charge in [0.05, 0.1) is 11.4 Å². The minimum absolute atomic E-state index is 0.0164. The molecule has 2 heteroatoms. The van der Waals surface area contributed by atoms with Crippen LogP contribution in [-0.2, 0) is 0 Å². The summed E-state index contributed by atoms with van der Waals surface area (Å²) in [5, 5.41) is 9.15. The van der Waals surface area contributed by atoms with Crippen LogP contribution < -0.4 is 0 Å². The van der Waals surface area contributed by atoms with Gasteiger partial charge in [-0.05, 0) is 24.3 Å². The van der Waals surface area contributed by atoms with Crippen LogP contribution in [0.3, 0.4) is 0 Å². The Labute approximate surface area is 159 Å². The Bertz CT molecular complexity index is 681. The maximum absolute atomic E-state index is 4.58. The van der Waals surface area contributed by atoms with Crippen molar-refractivity contribution in [3.05, 3.63) is 72.2 Å². The van der Waals surface area contributed by atoms with Crippen molar-refractivity contribution < 1.29 is 0 Å². The predicted octanol–water partition coefficient (Wildman–Crippen LogP) is 7.56. The van der Waals surface area contributed by atoms with Crippen molar-refractivity contribution in [1.29, 1.82) is 0 Å². The number of rotatable bonds is 2. The molecule has 0 amide bonds. The highest BCUT2D eigenvalue weighted by Gasteiger charge is 2.19. The fourth-order valence-corrected chi connectivity index (χ4v) is 2.77. The number of hydrogen-bond donors (Lipinski definition) is 0. The van der Waals surface area contributed by atoms with E-state index in [0.717, 1.165) is 11.4 Å². The molecule has 2 aliphatic rings. The van der Waals surface area contributed by atoms with Gasteiger partial charge in [0.15, 0.2) is 0 Å². The molecule has 0 aromatic carbocycles. The summed E-state index contributed by atoms with van der Waals surface area (Å²) in [7, 11) is 0. The van der Waals surface area contributed by atoms with Crippen LogP contribution in [0.4, 0.5) is 0 Å². The lowest BCUT2D eigenvalue weighted by Crippen LogP contribution is -2.11. The molecule has 0 saturated heterocycles. The molecule has 0 bridgehead atoms. The molecule has 140 valence electrons. The fraction of sp³-hybridized carbons (Fsp3) is 0.500. The van der Waals surface area contributed by atoms with Gasteiger partial charge in [-0.2, -0.15) is 10.2 Å². The Morgan fingerprint density at radius 1 is 0.462 bits per heavy atom. The minimum Gasteiger partial charge on any atom is -0.151 e. The highest BCUT2D eigenvalue weighted by molar-refractivity contribution is 5.31. The predicted molar refractivity (Wildman–Crippen MR) is 113 cm³/mol. The molecule has 2 rings (SSSR count). The Hall–Kier alpha value is -1.96. The van der Waals surface area contributed by atoms with E-state index in [2.05, 4.69) is 126 Å². The second kappa shape index (κ2) is 6.98. The number of allylic oxidation sites excluding steroid dienone is 10. The van der Waals surface area contributed by atoms with E-state index < -0.39 is 0 Å². The van der Waals surface area contributed by atoms with E-state index >= 15 is 0 Å². The van der Waals surface area contributed by atoms with E-state index in [1.54, 1.807) is 0 Å². The first-order valence-electron chi connectivity index (χ1n) is 9.44. The highest BCUT2D eigenvalue weighted by Crippen LogP contribution is 2.32. The molecule has 0 spiro atoms. The van der Waals surface area contributed by atoms with Crippen LogP contribution in [0.15, 0.2) is 82.4 Å². The summed E-state index contributed by atoms with van der Waals surface area (Å²) in [5.74, 6) is 0. The van der Waals surface area contributed by atoms with Gasteiger partial charge < -0.3 is 0 Å². The number of hydrogen-bond acceptors (Lipinski definition) is 2. The summed E-state index contributed by atoms with van der Waals surface area (Å²) in [5.41, 5.74) is 1.73. The molecule has 0 fully saturated rings. The van der Waals surface area contributed by atoms with Crippen LogP contribution in [0.5, 0.6) is 0 Å². The summed E-state index contributed by atoms with van der Waals surface area (Å²) in [6.07, 6.45) is 21.9. The molecular formula is C24H34N2. The standard InChI is InChI=1S/C24H34N2/c1-21(2)11-9-19(17-23(5,6)15-13-21)25-26-20-10-12-22(3,4)14-16-24(7,8)18-20/h9-18H,1-8H3. The third kappa shape index (κ3) is 6.40. The second-order valence-corrected chi connectivity index (χ2v) is 9.96. The first kappa shape index (κ1) is 20.4. The molecule has 0 N–H and O–H groups in total. The third-order valence-corrected chi connectivity index (χ3v) is 4.57. The molecule has 0 aromatic rings. The summed E-state index contributed by atoms with van der Waals surface area (Å²) in [6.45, 7) is 17.6. The van der Waals surface area contributed by atoms with Crippen LogP contribution in [-0.4, -0.2) is 0 Å². The average molecular weight is 351 g/mol. The highest BCUT2D eigenvalue weighted by atomic mass is 15.1. The van der Waals surface area contributed by atoms with Crippen LogP contribution >= 0.6 is 0 Å². The third-order valence-electron chi connectivity index (χ3n) is 4.57. The van der Waals surface area contributed by atoms with Crippen molar-refractivity contribution in [3.8, 4) is 0 Å². The quantitative estimate of drug-likeness (QED) is 0.362. The topological polar surface area (TPSA) is 24.7 Å². The zero-order valence-electron chi connectivity index (χ0n) is 17.7. The van der Waals surface area contributed by atoms with Gasteiger partial charge in [0, 0.05) is 21.7 Å². The first-order valence-corrected chi connectivity index (χ1v) is 9.44. The maximum atomic E-state index is 4.58. The molecule has 0 unspecified atom stereocenters. The van der Waals surface area contributed by atoms with E-state index in [-0.39, 0.29) is 21.7 Å². The molecule has 26 heavy (non-hydrogen) atoms. The van der Waals surface area contributed by atoms with Crippen molar-refractivity contribution in [1.82, 2.24) is 0 Å². The fourth-order valence-electron chi connectivity index (χ4n) is 2.77. The van der Waals surface area contributed by atoms with Gasteiger partial charge in [0.1, 0.15) is 0 Å². The van der Waals surface area contributed by atoms with E-state index in [1.165, 1.54) is 0 Å². The van der Waals surface area contributed by atoms with E-state index in [0.29, 0.717) is 0 Å². The molecule has 0 heterocycles. The smallest absolute Gasteiger partial charge is 0.0822 e. The molecular weight excluding hydrogens is 316 g/mol. The maximum Gasteiger partial charge on any atom is 0.0822 e. The molecule has 2 nitrogen and oxygen atoms in total. The van der Waals surface area contributed by atoms with Gasteiger partial charge in [-0.15, -0.1) is 0 Å². The summed E-state index contributed by atoms with van der Waals surface area (Å²) >= 11 is 0. The first-order chi connectivity index (χ1) is 11.8. The molecule has 0 aromatic heterocycles. The van der Waals surface area contributed by atoms with Crippen molar-refractivity contribution in [2.24, 2.45) is 31.9 Å². The van der Waals surface area contributed by atoms with Crippen molar-refractivity contribution >= 4 is 0 Å². The minimum atomic E-state index is -0.0501. The van der Waals surface area contributed by atoms with Crippen LogP contribution in [0.25, 0.3) is 0 Å². The number of azo groups is 1. The number of nitrogens with zero attached hydrogens (tertiary/aromatic N) is 2. The molecule has 2 aliphatic carbocycles. The van der Waals surface area contributed by atoms with Gasteiger partial charge >= 0.3 is 0 Å². The Morgan fingerprint density at radius 2 is 0.769 bits per heavy atom. The van der Waals surface area contributed by atoms with Crippen molar-refractivity contribution in [3.63, 3.8) is 0 Å². The van der Waals surface area contributed by atoms with Gasteiger partial charge in [0.25, 0.3) is 0 Å². The zero-order valence-corrected chi connectivity index (χ0v) is 17.7.